The number of aromatic amines is 1. The van der Waals surface area contributed by atoms with E-state index in [4.69, 9.17) is 11.6 Å². The summed E-state index contributed by atoms with van der Waals surface area (Å²) in [4.78, 5) is 26.9. The number of H-pyrrole nitrogens is 1. The van der Waals surface area contributed by atoms with Gasteiger partial charge in [-0.15, -0.1) is 0 Å². The predicted octanol–water partition coefficient (Wildman–Crippen LogP) is 3.70. The Bertz CT molecular complexity index is 1150. The van der Waals surface area contributed by atoms with Crippen molar-refractivity contribution in [1.82, 2.24) is 25.1 Å². The summed E-state index contributed by atoms with van der Waals surface area (Å²) >= 11 is 7.64. The highest BCUT2D eigenvalue weighted by Crippen LogP contribution is 2.28. The molecule has 1 fully saturated rings. The first kappa shape index (κ1) is 18.1. The van der Waals surface area contributed by atoms with E-state index in [0.29, 0.717) is 29.5 Å². The number of amides is 1. The molecule has 1 amide bonds. The maximum absolute atomic E-state index is 12.9. The van der Waals surface area contributed by atoms with Crippen LogP contribution in [0.1, 0.15) is 10.5 Å². The second-order valence-corrected chi connectivity index (χ2v) is 8.17. The van der Waals surface area contributed by atoms with E-state index in [1.807, 2.05) is 41.3 Å². The molecule has 1 aromatic carbocycles. The number of piperazine rings is 1. The number of hydrogen-bond donors (Lipinski definition) is 1. The number of carbonyl (C=O) groups excluding carboxylic acids is 1. The monoisotopic (exact) mass is 424 g/mol. The van der Waals surface area contributed by atoms with E-state index in [0.717, 1.165) is 34.1 Å². The van der Waals surface area contributed by atoms with Gasteiger partial charge in [0.25, 0.3) is 5.91 Å². The first-order chi connectivity index (χ1) is 14.2. The summed E-state index contributed by atoms with van der Waals surface area (Å²) in [5.41, 5.74) is 2.98. The average Bonchev–Trinajstić information content (AvgIpc) is 3.41. The fourth-order valence-corrected chi connectivity index (χ4v) is 4.54. The largest absolute Gasteiger partial charge is 0.344 e. The first-order valence-corrected chi connectivity index (χ1v) is 10.4. The number of pyridine rings is 1. The highest BCUT2D eigenvalue weighted by Gasteiger charge is 2.25. The van der Waals surface area contributed by atoms with Crippen molar-refractivity contribution in [3.63, 3.8) is 0 Å². The van der Waals surface area contributed by atoms with Crippen molar-refractivity contribution in [2.75, 3.05) is 31.1 Å². The van der Waals surface area contributed by atoms with Crippen LogP contribution in [-0.4, -0.2) is 57.2 Å². The molecule has 29 heavy (non-hydrogen) atoms. The van der Waals surface area contributed by atoms with Gasteiger partial charge in [-0.1, -0.05) is 35.1 Å². The minimum atomic E-state index is -0.0450. The standard InChI is InChI=1S/C20H17ClN6OS/c21-14-4-1-3-13(11-14)16-12-17(25-24-16)19(28)26-7-9-27(10-8-26)20-23-15-5-2-6-22-18(15)29-20/h1-6,11-12H,7-10H2,(H,24,25). The molecule has 4 aromatic rings. The Morgan fingerprint density at radius 2 is 1.97 bits per heavy atom. The molecule has 1 saturated heterocycles. The van der Waals surface area contributed by atoms with E-state index in [1.54, 1.807) is 23.6 Å². The van der Waals surface area contributed by atoms with Crippen LogP contribution in [0.2, 0.25) is 5.02 Å². The van der Waals surface area contributed by atoms with E-state index in [2.05, 4.69) is 25.1 Å². The van der Waals surface area contributed by atoms with Gasteiger partial charge in [-0.25, -0.2) is 9.97 Å². The van der Waals surface area contributed by atoms with Crippen molar-refractivity contribution >= 4 is 44.3 Å². The second kappa shape index (κ2) is 7.46. The Labute approximate surface area is 176 Å². The number of fused-ring (bicyclic) bond motifs is 1. The number of nitrogens with zero attached hydrogens (tertiary/aromatic N) is 5. The van der Waals surface area contributed by atoms with Crippen LogP contribution >= 0.6 is 22.9 Å². The van der Waals surface area contributed by atoms with Gasteiger partial charge < -0.3 is 9.80 Å². The van der Waals surface area contributed by atoms with E-state index >= 15 is 0 Å². The van der Waals surface area contributed by atoms with Crippen LogP contribution in [0.15, 0.2) is 48.7 Å². The molecule has 3 aromatic heterocycles. The molecule has 9 heteroatoms. The lowest BCUT2D eigenvalue weighted by Gasteiger charge is -2.34. The molecule has 5 rings (SSSR count). The van der Waals surface area contributed by atoms with Gasteiger partial charge in [-0.3, -0.25) is 9.89 Å². The quantitative estimate of drug-likeness (QED) is 0.542. The molecular formula is C20H17ClN6OS. The van der Waals surface area contributed by atoms with E-state index < -0.39 is 0 Å². The topological polar surface area (TPSA) is 78.0 Å². The van der Waals surface area contributed by atoms with Crippen LogP contribution in [0.3, 0.4) is 0 Å². The summed E-state index contributed by atoms with van der Waals surface area (Å²) in [6.45, 7) is 2.74. The molecule has 0 atom stereocenters. The van der Waals surface area contributed by atoms with Crippen LogP contribution in [0.5, 0.6) is 0 Å². The van der Waals surface area contributed by atoms with E-state index in [1.165, 1.54) is 0 Å². The minimum absolute atomic E-state index is 0.0450. The minimum Gasteiger partial charge on any atom is -0.344 e. The van der Waals surface area contributed by atoms with Crippen molar-refractivity contribution in [1.29, 1.82) is 0 Å². The van der Waals surface area contributed by atoms with Crippen molar-refractivity contribution in [3.8, 4) is 11.3 Å². The average molecular weight is 425 g/mol. The van der Waals surface area contributed by atoms with Crippen molar-refractivity contribution in [3.05, 3.63) is 59.4 Å². The third kappa shape index (κ3) is 3.56. The number of thiazole rings is 1. The molecule has 4 heterocycles. The summed E-state index contributed by atoms with van der Waals surface area (Å²) in [5, 5.41) is 8.73. The highest BCUT2D eigenvalue weighted by atomic mass is 35.5. The van der Waals surface area contributed by atoms with Gasteiger partial charge in [-0.05, 0) is 30.3 Å². The van der Waals surface area contributed by atoms with Gasteiger partial charge >= 0.3 is 0 Å². The third-order valence-corrected chi connectivity index (χ3v) is 6.20. The Morgan fingerprint density at radius 3 is 2.76 bits per heavy atom. The van der Waals surface area contributed by atoms with Gasteiger partial charge in [0.2, 0.25) is 0 Å². The third-order valence-electron chi connectivity index (χ3n) is 4.92. The molecule has 146 valence electrons. The molecule has 0 radical (unpaired) electrons. The summed E-state index contributed by atoms with van der Waals surface area (Å²) in [7, 11) is 0. The number of anilines is 1. The van der Waals surface area contributed by atoms with Crippen molar-refractivity contribution in [2.24, 2.45) is 0 Å². The van der Waals surface area contributed by atoms with Gasteiger partial charge in [0, 0.05) is 43.0 Å². The highest BCUT2D eigenvalue weighted by molar-refractivity contribution is 7.21. The summed E-state index contributed by atoms with van der Waals surface area (Å²) in [6, 6.07) is 13.1. The van der Waals surface area contributed by atoms with Gasteiger partial charge in [0.05, 0.1) is 5.69 Å². The second-order valence-electron chi connectivity index (χ2n) is 6.78. The number of halogens is 1. The molecule has 0 spiro atoms. The molecule has 1 N–H and O–H groups in total. The van der Waals surface area contributed by atoms with Crippen molar-refractivity contribution < 1.29 is 4.79 Å². The predicted molar refractivity (Wildman–Crippen MR) is 115 cm³/mol. The van der Waals surface area contributed by atoms with Crippen LogP contribution in [-0.2, 0) is 0 Å². The van der Waals surface area contributed by atoms with E-state index in [-0.39, 0.29) is 5.91 Å². The van der Waals surface area contributed by atoms with Crippen LogP contribution in [0.4, 0.5) is 5.13 Å². The fraction of sp³-hybridized carbons (Fsp3) is 0.200. The fourth-order valence-electron chi connectivity index (χ4n) is 3.39. The molecular weight excluding hydrogens is 408 g/mol. The Balaban J connectivity index is 1.26. The Kier molecular flexibility index (Phi) is 4.65. The lowest BCUT2D eigenvalue weighted by Crippen LogP contribution is -2.48. The maximum Gasteiger partial charge on any atom is 0.272 e. The number of aromatic nitrogens is 4. The maximum atomic E-state index is 12.9. The van der Waals surface area contributed by atoms with Gasteiger partial charge in [0.1, 0.15) is 16.0 Å². The summed E-state index contributed by atoms with van der Waals surface area (Å²) in [6.07, 6.45) is 1.78. The van der Waals surface area contributed by atoms with Crippen molar-refractivity contribution in [2.45, 2.75) is 0 Å². The van der Waals surface area contributed by atoms with Gasteiger partial charge in [-0.2, -0.15) is 5.10 Å². The molecule has 1 aliphatic rings. The number of rotatable bonds is 3. The molecule has 0 saturated carbocycles. The van der Waals surface area contributed by atoms with Gasteiger partial charge in [0.15, 0.2) is 5.13 Å². The smallest absolute Gasteiger partial charge is 0.272 e. The molecule has 0 unspecified atom stereocenters. The Morgan fingerprint density at radius 1 is 1.10 bits per heavy atom. The SMILES string of the molecule is O=C(c1cc(-c2cccc(Cl)c2)n[nH]1)N1CCN(c2nc3cccnc3s2)CC1. The first-order valence-electron chi connectivity index (χ1n) is 9.24. The lowest BCUT2D eigenvalue weighted by atomic mass is 10.1. The molecule has 7 nitrogen and oxygen atoms in total. The number of hydrogen-bond acceptors (Lipinski definition) is 6. The number of carbonyl (C=O) groups is 1. The molecule has 0 bridgehead atoms. The zero-order valence-electron chi connectivity index (χ0n) is 15.4. The zero-order chi connectivity index (χ0) is 19.8. The van der Waals surface area contributed by atoms with Crippen LogP contribution in [0.25, 0.3) is 21.6 Å². The Hall–Kier alpha value is -2.97. The number of benzene rings is 1. The van der Waals surface area contributed by atoms with E-state index in [9.17, 15) is 4.79 Å². The molecule has 1 aliphatic heterocycles. The molecule has 0 aliphatic carbocycles. The zero-order valence-corrected chi connectivity index (χ0v) is 17.0. The summed E-state index contributed by atoms with van der Waals surface area (Å²) in [5.74, 6) is -0.0450. The van der Waals surface area contributed by atoms with Crippen LogP contribution < -0.4 is 4.90 Å². The van der Waals surface area contributed by atoms with Crippen LogP contribution in [0, 0.1) is 0 Å². The lowest BCUT2D eigenvalue weighted by molar-refractivity contribution is 0.0741. The normalized spacial score (nSPS) is 14.5. The number of nitrogens with one attached hydrogen (secondary N) is 1. The summed E-state index contributed by atoms with van der Waals surface area (Å²) < 4.78 is 0.